The average Bonchev–Trinajstić information content (AvgIpc) is 2.11. The van der Waals surface area contributed by atoms with Crippen LogP contribution < -0.4 is 11.3 Å². The van der Waals surface area contributed by atoms with Crippen molar-refractivity contribution in [2.24, 2.45) is 5.84 Å². The Morgan fingerprint density at radius 1 is 1.31 bits per heavy atom. The van der Waals surface area contributed by atoms with Gasteiger partial charge in [0.25, 0.3) is 0 Å². The van der Waals surface area contributed by atoms with Gasteiger partial charge in [0.15, 0.2) is 0 Å². The zero-order chi connectivity index (χ0) is 10.3. The summed E-state index contributed by atoms with van der Waals surface area (Å²) in [5.74, 6) is 4.32. The Labute approximate surface area is 77.3 Å². The molecule has 0 aliphatic heterocycles. The predicted molar refractivity (Wildman–Crippen MR) is 51.3 cm³/mol. The van der Waals surface area contributed by atoms with Gasteiger partial charge in [-0.1, -0.05) is 24.3 Å². The molecule has 0 aromatic heterocycles. The fraction of sp³-hybridized carbons (Fsp3) is 0.222. The number of hydrogen-bond donors (Lipinski definition) is 3. The van der Waals surface area contributed by atoms with Crippen LogP contribution in [-0.2, 0) is 0 Å². The van der Waals surface area contributed by atoms with E-state index in [9.17, 15) is 0 Å². The van der Waals surface area contributed by atoms with E-state index in [1.807, 2.05) is 0 Å². The van der Waals surface area contributed by atoms with Gasteiger partial charge >= 0.3 is 6.09 Å². The molecule has 1 rings (SSSR count). The van der Waals surface area contributed by atoms with Crippen LogP contribution in [-0.4, -0.2) is 11.2 Å². The van der Waals surface area contributed by atoms with Gasteiger partial charge in [-0.05, 0) is 25.0 Å². The summed E-state index contributed by atoms with van der Waals surface area (Å²) in [6.45, 7) is 4.24. The lowest BCUT2D eigenvalue weighted by molar-refractivity contribution is 0.194. The van der Waals surface area contributed by atoms with Crippen molar-refractivity contribution >= 4 is 6.09 Å². The second kappa shape index (κ2) is 6.02. The third-order valence-corrected chi connectivity index (χ3v) is 1.55. The van der Waals surface area contributed by atoms with Crippen LogP contribution in [0.1, 0.15) is 11.1 Å². The molecule has 1 aromatic carbocycles. The number of nitrogens with two attached hydrogens (primary N) is 1. The van der Waals surface area contributed by atoms with E-state index < -0.39 is 6.09 Å². The highest BCUT2D eigenvalue weighted by molar-refractivity contribution is 5.63. The second-order valence-electron chi connectivity index (χ2n) is 2.53. The molecule has 0 unspecified atom stereocenters. The molecule has 0 bridgehead atoms. The van der Waals surface area contributed by atoms with Crippen molar-refractivity contribution in [2.45, 2.75) is 13.8 Å². The summed E-state index contributed by atoms with van der Waals surface area (Å²) < 4.78 is 0. The maximum Gasteiger partial charge on any atom is 0.418 e. The molecular formula is C9H14N2O2. The third kappa shape index (κ3) is 5.69. The Morgan fingerprint density at radius 2 is 1.62 bits per heavy atom. The van der Waals surface area contributed by atoms with Crippen LogP contribution >= 0.6 is 0 Å². The van der Waals surface area contributed by atoms with Gasteiger partial charge in [0.2, 0.25) is 0 Å². The molecular weight excluding hydrogens is 168 g/mol. The topological polar surface area (TPSA) is 75.3 Å². The molecule has 0 spiro atoms. The Hall–Kier alpha value is -1.55. The van der Waals surface area contributed by atoms with Gasteiger partial charge in [0, 0.05) is 0 Å². The first kappa shape index (κ1) is 11.4. The number of benzene rings is 1. The first-order chi connectivity index (χ1) is 6.07. The minimum atomic E-state index is -1.22. The van der Waals surface area contributed by atoms with Crippen LogP contribution in [0.15, 0.2) is 24.3 Å². The van der Waals surface area contributed by atoms with Gasteiger partial charge < -0.3 is 5.11 Å². The van der Waals surface area contributed by atoms with Gasteiger partial charge in [-0.2, -0.15) is 0 Å². The number of nitrogens with one attached hydrogen (secondary N) is 1. The summed E-state index contributed by atoms with van der Waals surface area (Å²) in [5.41, 5.74) is 4.18. The molecule has 0 fully saturated rings. The van der Waals surface area contributed by atoms with Gasteiger partial charge in [0.05, 0.1) is 0 Å². The molecule has 4 nitrogen and oxygen atoms in total. The number of carbonyl (C=O) groups is 1. The van der Waals surface area contributed by atoms with Crippen molar-refractivity contribution in [3.8, 4) is 0 Å². The van der Waals surface area contributed by atoms with E-state index in [1.165, 1.54) is 16.6 Å². The smallest absolute Gasteiger partial charge is 0.418 e. The van der Waals surface area contributed by atoms with Crippen LogP contribution in [0.4, 0.5) is 4.79 Å². The molecule has 0 radical (unpaired) electrons. The Morgan fingerprint density at radius 3 is 1.77 bits per heavy atom. The average molecular weight is 182 g/mol. The van der Waals surface area contributed by atoms with E-state index in [0.29, 0.717) is 0 Å². The number of aryl methyl sites for hydroxylation is 2. The summed E-state index contributed by atoms with van der Waals surface area (Å²) >= 11 is 0. The van der Waals surface area contributed by atoms with E-state index in [1.54, 1.807) is 0 Å². The molecule has 0 saturated carbocycles. The van der Waals surface area contributed by atoms with Crippen molar-refractivity contribution in [3.05, 3.63) is 35.4 Å². The minimum absolute atomic E-state index is 1.22. The predicted octanol–water partition coefficient (Wildman–Crippen LogP) is 1.43. The molecule has 4 N–H and O–H groups in total. The fourth-order valence-electron chi connectivity index (χ4n) is 0.663. The maximum atomic E-state index is 9.13. The van der Waals surface area contributed by atoms with Crippen LogP contribution in [0, 0.1) is 13.8 Å². The molecule has 0 aliphatic carbocycles. The molecule has 4 heteroatoms. The van der Waals surface area contributed by atoms with E-state index in [-0.39, 0.29) is 0 Å². The van der Waals surface area contributed by atoms with Crippen molar-refractivity contribution < 1.29 is 9.90 Å². The van der Waals surface area contributed by atoms with Crippen LogP contribution in [0.25, 0.3) is 0 Å². The summed E-state index contributed by atoms with van der Waals surface area (Å²) in [6.07, 6.45) is -1.22. The first-order valence-electron chi connectivity index (χ1n) is 3.79. The van der Waals surface area contributed by atoms with Gasteiger partial charge in [-0.3, -0.25) is 5.43 Å². The molecule has 0 atom stereocenters. The molecule has 0 heterocycles. The third-order valence-electron chi connectivity index (χ3n) is 1.55. The summed E-state index contributed by atoms with van der Waals surface area (Å²) in [7, 11) is 0. The quantitative estimate of drug-likeness (QED) is 0.323. The summed E-state index contributed by atoms with van der Waals surface area (Å²) in [5, 5.41) is 7.49. The molecule has 0 saturated heterocycles. The van der Waals surface area contributed by atoms with Crippen LogP contribution in [0.2, 0.25) is 0 Å². The Kier molecular flexibility index (Phi) is 5.30. The van der Waals surface area contributed by atoms with Crippen molar-refractivity contribution in [1.29, 1.82) is 0 Å². The number of rotatable bonds is 0. The zero-order valence-corrected chi connectivity index (χ0v) is 7.74. The Bertz CT molecular complexity index is 253. The summed E-state index contributed by atoms with van der Waals surface area (Å²) in [4.78, 5) is 9.13. The van der Waals surface area contributed by atoms with E-state index >= 15 is 0 Å². The first-order valence-corrected chi connectivity index (χ1v) is 3.79. The van der Waals surface area contributed by atoms with Crippen LogP contribution in [0.5, 0.6) is 0 Å². The van der Waals surface area contributed by atoms with Crippen molar-refractivity contribution in [2.75, 3.05) is 0 Å². The van der Waals surface area contributed by atoms with Crippen LogP contribution in [0.3, 0.4) is 0 Å². The monoisotopic (exact) mass is 182 g/mol. The minimum Gasteiger partial charge on any atom is -0.464 e. The van der Waals surface area contributed by atoms with Crippen molar-refractivity contribution in [3.63, 3.8) is 0 Å². The van der Waals surface area contributed by atoms with Crippen molar-refractivity contribution in [1.82, 2.24) is 5.43 Å². The zero-order valence-electron chi connectivity index (χ0n) is 7.74. The lowest BCUT2D eigenvalue weighted by Crippen LogP contribution is -2.27. The SMILES string of the molecule is Cc1ccccc1C.NNC(=O)O. The maximum absolute atomic E-state index is 9.13. The molecule has 0 aliphatic rings. The highest BCUT2D eigenvalue weighted by Gasteiger charge is 1.83. The van der Waals surface area contributed by atoms with E-state index in [2.05, 4.69) is 44.0 Å². The fourth-order valence-corrected chi connectivity index (χ4v) is 0.663. The summed E-state index contributed by atoms with van der Waals surface area (Å²) in [6, 6.07) is 8.36. The molecule has 13 heavy (non-hydrogen) atoms. The molecule has 1 aromatic rings. The molecule has 72 valence electrons. The lowest BCUT2D eigenvalue weighted by atomic mass is 10.1. The second-order valence-corrected chi connectivity index (χ2v) is 2.53. The normalized spacial score (nSPS) is 8.23. The molecule has 1 amide bonds. The largest absolute Gasteiger partial charge is 0.464 e. The highest BCUT2D eigenvalue weighted by Crippen LogP contribution is 2.02. The van der Waals surface area contributed by atoms with Gasteiger partial charge in [0.1, 0.15) is 0 Å². The Balaban J connectivity index is 0.000000252. The number of hydrogen-bond acceptors (Lipinski definition) is 2. The highest BCUT2D eigenvalue weighted by atomic mass is 16.4. The lowest BCUT2D eigenvalue weighted by Gasteiger charge is -1.93. The van der Waals surface area contributed by atoms with Gasteiger partial charge in [-0.15, -0.1) is 0 Å². The van der Waals surface area contributed by atoms with E-state index in [0.717, 1.165) is 0 Å². The number of carboxylic acid groups (broad SMARTS) is 1. The number of hydrazine groups is 1. The number of amides is 1. The van der Waals surface area contributed by atoms with Gasteiger partial charge in [-0.25, -0.2) is 10.6 Å². The van der Waals surface area contributed by atoms with E-state index in [4.69, 9.17) is 9.90 Å². The standard InChI is InChI=1S/C8H10.CH4N2O2/c1-7-5-3-4-6-8(7)2;2-3-1(4)5/h3-6H,1-2H3;3H,2H2,(H,4,5).